The normalized spacial score (nSPS) is 13.2. The van der Waals surface area contributed by atoms with E-state index in [4.69, 9.17) is 14.2 Å². The first kappa shape index (κ1) is 19.1. The van der Waals surface area contributed by atoms with Crippen LogP contribution in [0.5, 0.6) is 17.2 Å². The summed E-state index contributed by atoms with van der Waals surface area (Å²) in [7, 11) is 4.59. The van der Waals surface area contributed by atoms with Crippen LogP contribution in [0.1, 0.15) is 28.7 Å². The number of rotatable bonds is 8. The molecule has 0 aliphatic heterocycles. The molecule has 0 heterocycles. The zero-order chi connectivity index (χ0) is 18.4. The number of benzene rings is 2. The maximum atomic E-state index is 10.8. The molecule has 0 amide bonds. The first-order valence-corrected chi connectivity index (χ1v) is 7.88. The lowest BCUT2D eigenvalue weighted by atomic mass is 9.89. The summed E-state index contributed by atoms with van der Waals surface area (Å²) in [6.45, 7) is -0.457. The van der Waals surface area contributed by atoms with Crippen molar-refractivity contribution in [3.8, 4) is 17.2 Å². The molecule has 2 atom stereocenters. The van der Waals surface area contributed by atoms with E-state index in [9.17, 15) is 15.3 Å². The van der Waals surface area contributed by atoms with Crippen molar-refractivity contribution in [2.45, 2.75) is 18.6 Å². The number of aliphatic hydroxyl groups is 3. The van der Waals surface area contributed by atoms with E-state index >= 15 is 0 Å². The molecule has 0 saturated heterocycles. The van der Waals surface area contributed by atoms with Gasteiger partial charge in [0.15, 0.2) is 11.5 Å². The standard InChI is InChI=1S/C19H24O6/c1-23-16-6-5-13(8-14(16)10-20)19(22)15(11-21)12-4-7-17(24-2)18(9-12)25-3/h4-9,15,19-22H,10-11H2,1-3H3. The van der Waals surface area contributed by atoms with Gasteiger partial charge in [-0.15, -0.1) is 0 Å². The molecule has 2 aromatic carbocycles. The van der Waals surface area contributed by atoms with Crippen LogP contribution >= 0.6 is 0 Å². The van der Waals surface area contributed by atoms with E-state index < -0.39 is 12.0 Å². The van der Waals surface area contributed by atoms with Crippen molar-refractivity contribution in [2.24, 2.45) is 0 Å². The van der Waals surface area contributed by atoms with Gasteiger partial charge in [-0.05, 0) is 35.4 Å². The molecule has 25 heavy (non-hydrogen) atoms. The second-order valence-corrected chi connectivity index (χ2v) is 5.58. The van der Waals surface area contributed by atoms with E-state index in [-0.39, 0.29) is 13.2 Å². The van der Waals surface area contributed by atoms with Crippen LogP contribution in [0.3, 0.4) is 0 Å². The molecule has 2 aromatic rings. The van der Waals surface area contributed by atoms with Gasteiger partial charge in [0.25, 0.3) is 0 Å². The summed E-state index contributed by atoms with van der Waals surface area (Å²) >= 11 is 0. The summed E-state index contributed by atoms with van der Waals surface area (Å²) in [6.07, 6.45) is -0.959. The van der Waals surface area contributed by atoms with Crippen LogP contribution in [0.4, 0.5) is 0 Å². The molecule has 0 bridgehead atoms. The molecule has 2 rings (SSSR count). The molecule has 6 nitrogen and oxygen atoms in total. The number of hydrogen-bond donors (Lipinski definition) is 3. The van der Waals surface area contributed by atoms with Gasteiger partial charge >= 0.3 is 0 Å². The van der Waals surface area contributed by atoms with E-state index in [1.54, 1.807) is 43.5 Å². The molecule has 0 saturated carbocycles. The number of aliphatic hydroxyl groups excluding tert-OH is 3. The third-order valence-electron chi connectivity index (χ3n) is 4.23. The zero-order valence-corrected chi connectivity index (χ0v) is 14.6. The van der Waals surface area contributed by atoms with Crippen LogP contribution in [0.2, 0.25) is 0 Å². The fourth-order valence-electron chi connectivity index (χ4n) is 2.81. The van der Waals surface area contributed by atoms with Crippen LogP contribution in [0, 0.1) is 0 Å². The van der Waals surface area contributed by atoms with Gasteiger partial charge in [-0.25, -0.2) is 0 Å². The molecule has 136 valence electrons. The minimum absolute atomic E-state index is 0.204. The van der Waals surface area contributed by atoms with Crippen molar-refractivity contribution in [1.82, 2.24) is 0 Å². The van der Waals surface area contributed by atoms with Crippen molar-refractivity contribution in [3.05, 3.63) is 53.1 Å². The second-order valence-electron chi connectivity index (χ2n) is 5.58. The summed E-state index contributed by atoms with van der Waals surface area (Å²) in [5.41, 5.74) is 1.87. The molecule has 0 aliphatic carbocycles. The molecular weight excluding hydrogens is 324 g/mol. The van der Waals surface area contributed by atoms with E-state index in [0.717, 1.165) is 0 Å². The quantitative estimate of drug-likeness (QED) is 0.676. The molecule has 3 N–H and O–H groups in total. The van der Waals surface area contributed by atoms with Crippen molar-refractivity contribution in [2.75, 3.05) is 27.9 Å². The summed E-state index contributed by atoms with van der Waals surface area (Å²) in [6, 6.07) is 10.3. The average Bonchev–Trinajstić information content (AvgIpc) is 2.67. The summed E-state index contributed by atoms with van der Waals surface area (Å²) in [4.78, 5) is 0. The zero-order valence-electron chi connectivity index (χ0n) is 14.6. The summed E-state index contributed by atoms with van der Waals surface area (Å²) < 4.78 is 15.7. The third-order valence-corrected chi connectivity index (χ3v) is 4.23. The largest absolute Gasteiger partial charge is 0.496 e. The molecule has 0 aliphatic rings. The summed E-state index contributed by atoms with van der Waals surface area (Å²) in [5.74, 6) is 1.09. The molecule has 0 radical (unpaired) electrons. The van der Waals surface area contributed by atoms with Gasteiger partial charge in [-0.1, -0.05) is 12.1 Å². The van der Waals surface area contributed by atoms with Crippen LogP contribution in [0.25, 0.3) is 0 Å². The minimum Gasteiger partial charge on any atom is -0.496 e. The van der Waals surface area contributed by atoms with Gasteiger partial charge < -0.3 is 29.5 Å². The predicted molar refractivity (Wildman–Crippen MR) is 93.2 cm³/mol. The van der Waals surface area contributed by atoms with Crippen LogP contribution in [-0.4, -0.2) is 43.3 Å². The maximum absolute atomic E-state index is 10.8. The Bertz CT molecular complexity index is 700. The van der Waals surface area contributed by atoms with Gasteiger partial charge in [0.1, 0.15) is 5.75 Å². The Morgan fingerprint density at radius 2 is 1.40 bits per heavy atom. The Kier molecular flexibility index (Phi) is 6.64. The predicted octanol–water partition coefficient (Wildman–Crippen LogP) is 2.01. The summed E-state index contributed by atoms with van der Waals surface area (Å²) in [5, 5.41) is 30.0. The second kappa shape index (κ2) is 8.71. The Balaban J connectivity index is 2.37. The first-order chi connectivity index (χ1) is 12.1. The van der Waals surface area contributed by atoms with Crippen LogP contribution in [-0.2, 0) is 6.61 Å². The highest BCUT2D eigenvalue weighted by Gasteiger charge is 2.24. The van der Waals surface area contributed by atoms with E-state index in [2.05, 4.69) is 0 Å². The monoisotopic (exact) mass is 348 g/mol. The lowest BCUT2D eigenvalue weighted by molar-refractivity contribution is 0.106. The SMILES string of the molecule is COc1ccc(C(O)C(CO)c2ccc(OC)c(OC)c2)cc1CO. The van der Waals surface area contributed by atoms with Crippen molar-refractivity contribution in [1.29, 1.82) is 0 Å². The number of ether oxygens (including phenoxy) is 3. The molecule has 0 fully saturated rings. The topological polar surface area (TPSA) is 88.4 Å². The van der Waals surface area contributed by atoms with E-state index in [1.165, 1.54) is 14.2 Å². The smallest absolute Gasteiger partial charge is 0.161 e. The van der Waals surface area contributed by atoms with Gasteiger partial charge in [-0.3, -0.25) is 0 Å². The van der Waals surface area contributed by atoms with E-state index in [0.29, 0.717) is 33.9 Å². The Morgan fingerprint density at radius 3 is 1.96 bits per heavy atom. The lowest BCUT2D eigenvalue weighted by Crippen LogP contribution is -2.15. The van der Waals surface area contributed by atoms with E-state index in [1.807, 2.05) is 0 Å². The fourth-order valence-corrected chi connectivity index (χ4v) is 2.81. The number of hydrogen-bond acceptors (Lipinski definition) is 6. The Hall–Kier alpha value is -2.28. The molecule has 0 aromatic heterocycles. The van der Waals surface area contributed by atoms with Crippen molar-refractivity contribution in [3.63, 3.8) is 0 Å². The maximum Gasteiger partial charge on any atom is 0.161 e. The minimum atomic E-state index is -0.959. The van der Waals surface area contributed by atoms with Crippen molar-refractivity contribution < 1.29 is 29.5 Å². The van der Waals surface area contributed by atoms with Crippen LogP contribution in [0.15, 0.2) is 36.4 Å². The lowest BCUT2D eigenvalue weighted by Gasteiger charge is -2.23. The highest BCUT2D eigenvalue weighted by atomic mass is 16.5. The third kappa shape index (κ3) is 4.04. The Morgan fingerprint density at radius 1 is 0.800 bits per heavy atom. The highest BCUT2D eigenvalue weighted by molar-refractivity contribution is 5.45. The fraction of sp³-hybridized carbons (Fsp3) is 0.368. The molecule has 2 unspecified atom stereocenters. The molecule has 6 heteroatoms. The van der Waals surface area contributed by atoms with Gasteiger partial charge in [0.05, 0.1) is 40.6 Å². The molecule has 0 spiro atoms. The van der Waals surface area contributed by atoms with Gasteiger partial charge in [0.2, 0.25) is 0 Å². The first-order valence-electron chi connectivity index (χ1n) is 7.88. The average molecular weight is 348 g/mol. The highest BCUT2D eigenvalue weighted by Crippen LogP contribution is 2.37. The number of methoxy groups -OCH3 is 3. The van der Waals surface area contributed by atoms with Gasteiger partial charge in [0, 0.05) is 11.5 Å². The van der Waals surface area contributed by atoms with Crippen molar-refractivity contribution >= 4 is 0 Å². The Labute approximate surface area is 147 Å². The van der Waals surface area contributed by atoms with Crippen LogP contribution < -0.4 is 14.2 Å². The molecular formula is C19H24O6. The van der Waals surface area contributed by atoms with Gasteiger partial charge in [-0.2, -0.15) is 0 Å².